The summed E-state index contributed by atoms with van der Waals surface area (Å²) in [6.07, 6.45) is 0. The average Bonchev–Trinajstić information content (AvgIpc) is 2.25. The fourth-order valence-electron chi connectivity index (χ4n) is 2.09. The SMILES string of the molecule is Cc1nc(N)nc(C)c1CN1CCNCC1. The quantitative estimate of drug-likeness (QED) is 0.740. The molecule has 5 heteroatoms. The Bertz CT molecular complexity index is 348. The molecule has 16 heavy (non-hydrogen) atoms. The maximum Gasteiger partial charge on any atom is 0.220 e. The lowest BCUT2D eigenvalue weighted by molar-refractivity contribution is 0.232. The van der Waals surface area contributed by atoms with E-state index in [1.54, 1.807) is 0 Å². The second-order valence-corrected chi connectivity index (χ2v) is 4.26. The van der Waals surface area contributed by atoms with Gasteiger partial charge in [0.05, 0.1) is 0 Å². The number of hydrogen-bond donors (Lipinski definition) is 2. The molecule has 1 fully saturated rings. The minimum atomic E-state index is 0.374. The van der Waals surface area contributed by atoms with Crippen LogP contribution in [-0.2, 0) is 6.54 Å². The molecule has 2 rings (SSSR count). The molecule has 3 N–H and O–H groups in total. The van der Waals surface area contributed by atoms with E-state index in [1.807, 2.05) is 13.8 Å². The summed E-state index contributed by atoms with van der Waals surface area (Å²) in [5, 5.41) is 3.35. The van der Waals surface area contributed by atoms with Gasteiger partial charge in [-0.15, -0.1) is 0 Å². The predicted molar refractivity (Wildman–Crippen MR) is 64.1 cm³/mol. The van der Waals surface area contributed by atoms with E-state index < -0.39 is 0 Å². The van der Waals surface area contributed by atoms with Crippen molar-refractivity contribution in [1.82, 2.24) is 20.2 Å². The molecule has 0 unspecified atom stereocenters. The molecule has 1 aromatic rings. The molecular formula is C11H19N5. The van der Waals surface area contributed by atoms with Crippen LogP contribution in [0.2, 0.25) is 0 Å². The third-order valence-corrected chi connectivity index (χ3v) is 3.03. The van der Waals surface area contributed by atoms with E-state index in [-0.39, 0.29) is 0 Å². The Morgan fingerprint density at radius 1 is 1.19 bits per heavy atom. The van der Waals surface area contributed by atoms with Gasteiger partial charge in [-0.05, 0) is 13.8 Å². The van der Waals surface area contributed by atoms with Crippen molar-refractivity contribution in [2.24, 2.45) is 0 Å². The molecule has 0 amide bonds. The first-order valence-corrected chi connectivity index (χ1v) is 5.69. The highest BCUT2D eigenvalue weighted by molar-refractivity contribution is 5.30. The van der Waals surface area contributed by atoms with Crippen molar-refractivity contribution in [3.8, 4) is 0 Å². The molecule has 0 spiro atoms. The Hall–Kier alpha value is -1.20. The topological polar surface area (TPSA) is 67.1 Å². The highest BCUT2D eigenvalue weighted by Crippen LogP contribution is 2.14. The molecule has 5 nitrogen and oxygen atoms in total. The smallest absolute Gasteiger partial charge is 0.220 e. The molecule has 0 aliphatic carbocycles. The largest absolute Gasteiger partial charge is 0.368 e. The summed E-state index contributed by atoms with van der Waals surface area (Å²) >= 11 is 0. The lowest BCUT2D eigenvalue weighted by Crippen LogP contribution is -2.43. The Balaban J connectivity index is 2.14. The molecule has 1 saturated heterocycles. The van der Waals surface area contributed by atoms with Crippen molar-refractivity contribution >= 4 is 5.95 Å². The molecule has 0 radical (unpaired) electrons. The van der Waals surface area contributed by atoms with Crippen molar-refractivity contribution in [3.05, 3.63) is 17.0 Å². The zero-order chi connectivity index (χ0) is 11.5. The van der Waals surface area contributed by atoms with Gasteiger partial charge in [-0.1, -0.05) is 0 Å². The summed E-state index contributed by atoms with van der Waals surface area (Å²) in [5.74, 6) is 0.374. The van der Waals surface area contributed by atoms with Gasteiger partial charge >= 0.3 is 0 Å². The monoisotopic (exact) mass is 221 g/mol. The fourth-order valence-corrected chi connectivity index (χ4v) is 2.09. The highest BCUT2D eigenvalue weighted by atomic mass is 15.2. The van der Waals surface area contributed by atoms with Crippen LogP contribution in [0.15, 0.2) is 0 Å². The van der Waals surface area contributed by atoms with E-state index in [4.69, 9.17) is 5.73 Å². The summed E-state index contributed by atoms with van der Waals surface area (Å²) in [5.41, 5.74) is 8.84. The first kappa shape index (κ1) is 11.3. The van der Waals surface area contributed by atoms with E-state index in [9.17, 15) is 0 Å². The first-order chi connectivity index (χ1) is 7.66. The predicted octanol–water partition coefficient (Wildman–Crippen LogP) is 0.0808. The van der Waals surface area contributed by atoms with Crippen LogP contribution in [0.3, 0.4) is 0 Å². The Kier molecular flexibility index (Phi) is 3.36. The van der Waals surface area contributed by atoms with Crippen LogP contribution >= 0.6 is 0 Å². The molecule has 0 saturated carbocycles. The van der Waals surface area contributed by atoms with E-state index in [0.717, 1.165) is 44.1 Å². The molecule has 0 bridgehead atoms. The summed E-state index contributed by atoms with van der Waals surface area (Å²) in [6.45, 7) is 9.24. The minimum Gasteiger partial charge on any atom is -0.368 e. The van der Waals surface area contributed by atoms with Crippen LogP contribution in [-0.4, -0.2) is 41.0 Å². The Morgan fingerprint density at radius 2 is 1.75 bits per heavy atom. The fraction of sp³-hybridized carbons (Fsp3) is 0.636. The van der Waals surface area contributed by atoms with Crippen LogP contribution in [0.1, 0.15) is 17.0 Å². The normalized spacial score (nSPS) is 17.6. The van der Waals surface area contributed by atoms with Crippen molar-refractivity contribution in [2.45, 2.75) is 20.4 Å². The van der Waals surface area contributed by atoms with Crippen molar-refractivity contribution in [2.75, 3.05) is 31.9 Å². The molecule has 0 atom stereocenters. The molecule has 0 aromatic carbocycles. The number of nitrogens with one attached hydrogen (secondary N) is 1. The summed E-state index contributed by atoms with van der Waals surface area (Å²) in [6, 6.07) is 0. The second kappa shape index (κ2) is 4.76. The highest BCUT2D eigenvalue weighted by Gasteiger charge is 2.14. The van der Waals surface area contributed by atoms with E-state index in [0.29, 0.717) is 5.95 Å². The van der Waals surface area contributed by atoms with Gasteiger partial charge in [-0.2, -0.15) is 0 Å². The number of rotatable bonds is 2. The van der Waals surface area contributed by atoms with Gasteiger partial charge in [0.25, 0.3) is 0 Å². The molecule has 2 heterocycles. The van der Waals surface area contributed by atoms with Gasteiger partial charge in [0.2, 0.25) is 5.95 Å². The standard InChI is InChI=1S/C11H19N5/c1-8-10(9(2)15-11(12)14-8)7-16-5-3-13-4-6-16/h13H,3-7H2,1-2H3,(H2,12,14,15). The molecule has 1 aliphatic rings. The first-order valence-electron chi connectivity index (χ1n) is 5.69. The van der Waals surface area contributed by atoms with Gasteiger partial charge in [0.1, 0.15) is 0 Å². The van der Waals surface area contributed by atoms with Crippen LogP contribution < -0.4 is 11.1 Å². The van der Waals surface area contributed by atoms with Crippen LogP contribution in [0, 0.1) is 13.8 Å². The third-order valence-electron chi connectivity index (χ3n) is 3.03. The van der Waals surface area contributed by atoms with Crippen LogP contribution in [0.5, 0.6) is 0 Å². The van der Waals surface area contributed by atoms with Gasteiger partial charge in [-0.3, -0.25) is 4.90 Å². The molecule has 1 aliphatic heterocycles. The lowest BCUT2D eigenvalue weighted by Gasteiger charge is -2.28. The van der Waals surface area contributed by atoms with Crippen LogP contribution in [0.25, 0.3) is 0 Å². The lowest BCUT2D eigenvalue weighted by atomic mass is 10.1. The number of piperazine rings is 1. The van der Waals surface area contributed by atoms with Crippen molar-refractivity contribution < 1.29 is 0 Å². The zero-order valence-corrected chi connectivity index (χ0v) is 9.95. The second-order valence-electron chi connectivity index (χ2n) is 4.26. The van der Waals surface area contributed by atoms with E-state index in [2.05, 4.69) is 20.2 Å². The molecular weight excluding hydrogens is 202 g/mol. The number of hydrogen-bond acceptors (Lipinski definition) is 5. The Morgan fingerprint density at radius 3 is 2.31 bits per heavy atom. The number of anilines is 1. The number of aromatic nitrogens is 2. The number of aryl methyl sites for hydroxylation is 2. The minimum absolute atomic E-state index is 0.374. The van der Waals surface area contributed by atoms with Gasteiger partial charge in [-0.25, -0.2) is 9.97 Å². The zero-order valence-electron chi connectivity index (χ0n) is 9.95. The average molecular weight is 221 g/mol. The number of nitrogens with two attached hydrogens (primary N) is 1. The van der Waals surface area contributed by atoms with Gasteiger partial charge < -0.3 is 11.1 Å². The number of nitrogens with zero attached hydrogens (tertiary/aromatic N) is 3. The van der Waals surface area contributed by atoms with Crippen LogP contribution in [0.4, 0.5) is 5.95 Å². The number of nitrogen functional groups attached to an aromatic ring is 1. The summed E-state index contributed by atoms with van der Waals surface area (Å²) in [7, 11) is 0. The Labute approximate surface area is 96.1 Å². The molecule has 1 aromatic heterocycles. The molecule has 88 valence electrons. The van der Waals surface area contributed by atoms with Crippen molar-refractivity contribution in [1.29, 1.82) is 0 Å². The summed E-state index contributed by atoms with van der Waals surface area (Å²) < 4.78 is 0. The van der Waals surface area contributed by atoms with Gasteiger partial charge in [0.15, 0.2) is 0 Å². The van der Waals surface area contributed by atoms with Crippen molar-refractivity contribution in [3.63, 3.8) is 0 Å². The third kappa shape index (κ3) is 2.48. The van der Waals surface area contributed by atoms with E-state index >= 15 is 0 Å². The maximum atomic E-state index is 5.62. The summed E-state index contributed by atoms with van der Waals surface area (Å²) in [4.78, 5) is 10.9. The van der Waals surface area contributed by atoms with E-state index in [1.165, 1.54) is 5.56 Å². The van der Waals surface area contributed by atoms with Gasteiger partial charge in [0, 0.05) is 49.7 Å². The maximum absolute atomic E-state index is 5.62.